The van der Waals surface area contributed by atoms with Gasteiger partial charge < -0.3 is 4.74 Å². The fourth-order valence-corrected chi connectivity index (χ4v) is 3.80. The minimum atomic E-state index is -3.68. The van der Waals surface area contributed by atoms with Gasteiger partial charge in [-0.15, -0.1) is 0 Å². The zero-order chi connectivity index (χ0) is 22.1. The molecule has 2 rings (SSSR count). The lowest BCUT2D eigenvalue weighted by Gasteiger charge is -2.19. The molecule has 0 fully saturated rings. The number of ether oxygens (including phenoxy) is 1. The van der Waals surface area contributed by atoms with Crippen molar-refractivity contribution >= 4 is 27.6 Å². The normalized spacial score (nSPS) is 11.9. The predicted molar refractivity (Wildman–Crippen MR) is 111 cm³/mol. The summed E-state index contributed by atoms with van der Waals surface area (Å²) in [5, 5.41) is 8.96. The summed E-state index contributed by atoms with van der Waals surface area (Å²) in [5.74, 6) is -1.32. The molecule has 2 aromatic carbocycles. The van der Waals surface area contributed by atoms with Crippen molar-refractivity contribution in [3.8, 4) is 6.07 Å². The summed E-state index contributed by atoms with van der Waals surface area (Å²) in [6, 6.07) is 15.5. The van der Waals surface area contributed by atoms with Crippen LogP contribution in [0, 0.1) is 11.3 Å². The maximum atomic E-state index is 12.4. The Balaban J connectivity index is 2.02. The summed E-state index contributed by atoms with van der Waals surface area (Å²) in [6.45, 7) is 2.88. The SMILES string of the molecule is CCC(C)NS(=O)(=O)c1ccc(C(=O)OCC(=O)N(CC#N)c2ccccc2)cc1. The van der Waals surface area contributed by atoms with E-state index in [9.17, 15) is 18.0 Å². The molecule has 0 aliphatic rings. The molecule has 1 unspecified atom stereocenters. The molecule has 1 N–H and O–H groups in total. The van der Waals surface area contributed by atoms with Crippen molar-refractivity contribution in [2.45, 2.75) is 31.2 Å². The Morgan fingerprint density at radius 3 is 2.33 bits per heavy atom. The van der Waals surface area contributed by atoms with Gasteiger partial charge in [0.25, 0.3) is 5.91 Å². The van der Waals surface area contributed by atoms with Crippen molar-refractivity contribution in [2.24, 2.45) is 0 Å². The molecule has 0 heterocycles. The Kier molecular flexibility index (Phi) is 8.09. The van der Waals surface area contributed by atoms with Crippen LogP contribution in [0.25, 0.3) is 0 Å². The maximum Gasteiger partial charge on any atom is 0.338 e. The molecule has 0 saturated heterocycles. The van der Waals surface area contributed by atoms with Gasteiger partial charge >= 0.3 is 5.97 Å². The number of anilines is 1. The van der Waals surface area contributed by atoms with Gasteiger partial charge in [-0.05, 0) is 49.7 Å². The molecule has 2 aromatic rings. The molecule has 1 atom stereocenters. The van der Waals surface area contributed by atoms with Crippen LogP contribution in [-0.4, -0.2) is 39.5 Å². The molecule has 1 amide bonds. The number of nitrogens with zero attached hydrogens (tertiary/aromatic N) is 2. The van der Waals surface area contributed by atoms with Crippen molar-refractivity contribution in [2.75, 3.05) is 18.1 Å². The lowest BCUT2D eigenvalue weighted by molar-refractivity contribution is -0.121. The number of carbonyl (C=O) groups is 2. The predicted octanol–water partition coefficient (Wildman–Crippen LogP) is 2.48. The number of hydrogen-bond donors (Lipinski definition) is 1. The van der Waals surface area contributed by atoms with Crippen LogP contribution in [0.4, 0.5) is 5.69 Å². The summed E-state index contributed by atoms with van der Waals surface area (Å²) >= 11 is 0. The molecular formula is C21H23N3O5S. The number of para-hydroxylation sites is 1. The molecule has 0 aliphatic carbocycles. The molecule has 8 nitrogen and oxygen atoms in total. The molecule has 0 aromatic heterocycles. The van der Waals surface area contributed by atoms with E-state index < -0.39 is 28.5 Å². The molecule has 0 saturated carbocycles. The van der Waals surface area contributed by atoms with Crippen molar-refractivity contribution < 1.29 is 22.7 Å². The molecule has 9 heteroatoms. The lowest BCUT2D eigenvalue weighted by Crippen LogP contribution is -2.35. The number of benzene rings is 2. The fraction of sp³-hybridized carbons (Fsp3) is 0.286. The number of sulfonamides is 1. The Hall–Kier alpha value is -3.22. The van der Waals surface area contributed by atoms with Crippen molar-refractivity contribution in [3.05, 3.63) is 60.2 Å². The van der Waals surface area contributed by atoms with Gasteiger partial charge in [0.1, 0.15) is 6.54 Å². The first-order chi connectivity index (χ1) is 14.3. The van der Waals surface area contributed by atoms with E-state index in [0.717, 1.165) is 0 Å². The highest BCUT2D eigenvalue weighted by Crippen LogP contribution is 2.15. The van der Waals surface area contributed by atoms with Crippen LogP contribution in [0.3, 0.4) is 0 Å². The standard InChI is InChI=1S/C21H23N3O5S/c1-3-16(2)23-30(27,28)19-11-9-17(10-12-19)21(26)29-15-20(25)24(14-13-22)18-7-5-4-6-8-18/h4-12,16,23H,3,14-15H2,1-2H3. The van der Waals surface area contributed by atoms with E-state index in [4.69, 9.17) is 10.00 Å². The fourth-order valence-electron chi connectivity index (χ4n) is 2.48. The van der Waals surface area contributed by atoms with Crippen LogP contribution in [-0.2, 0) is 19.6 Å². The Morgan fingerprint density at radius 2 is 1.77 bits per heavy atom. The van der Waals surface area contributed by atoms with Gasteiger partial charge in [-0.25, -0.2) is 17.9 Å². The van der Waals surface area contributed by atoms with Gasteiger partial charge in [-0.2, -0.15) is 5.26 Å². The van der Waals surface area contributed by atoms with Crippen LogP contribution in [0.1, 0.15) is 30.6 Å². The van der Waals surface area contributed by atoms with Crippen LogP contribution >= 0.6 is 0 Å². The average molecular weight is 429 g/mol. The first kappa shape index (κ1) is 23.1. The molecule has 0 spiro atoms. The van der Waals surface area contributed by atoms with Crippen LogP contribution < -0.4 is 9.62 Å². The van der Waals surface area contributed by atoms with Crippen LogP contribution in [0.2, 0.25) is 0 Å². The highest BCUT2D eigenvalue weighted by Gasteiger charge is 2.20. The largest absolute Gasteiger partial charge is 0.452 e. The monoisotopic (exact) mass is 429 g/mol. The number of esters is 1. The van der Waals surface area contributed by atoms with Gasteiger partial charge in [-0.1, -0.05) is 25.1 Å². The van der Waals surface area contributed by atoms with Crippen molar-refractivity contribution in [3.63, 3.8) is 0 Å². The highest BCUT2D eigenvalue weighted by molar-refractivity contribution is 7.89. The Morgan fingerprint density at radius 1 is 1.13 bits per heavy atom. The number of nitriles is 1. The van der Waals surface area contributed by atoms with E-state index in [1.165, 1.54) is 29.2 Å². The van der Waals surface area contributed by atoms with E-state index in [0.29, 0.717) is 12.1 Å². The average Bonchev–Trinajstić information content (AvgIpc) is 2.75. The molecule has 0 bridgehead atoms. The Labute approximate surface area is 176 Å². The summed E-state index contributed by atoms with van der Waals surface area (Å²) in [5.41, 5.74) is 0.625. The van der Waals surface area contributed by atoms with Gasteiger partial charge in [0, 0.05) is 11.7 Å². The smallest absolute Gasteiger partial charge is 0.338 e. The number of rotatable bonds is 9. The first-order valence-electron chi connectivity index (χ1n) is 9.30. The van der Waals surface area contributed by atoms with E-state index in [-0.39, 0.29) is 23.0 Å². The van der Waals surface area contributed by atoms with Crippen LogP contribution in [0.5, 0.6) is 0 Å². The van der Waals surface area contributed by atoms with Crippen molar-refractivity contribution in [1.29, 1.82) is 5.26 Å². The number of hydrogen-bond acceptors (Lipinski definition) is 6. The first-order valence-corrected chi connectivity index (χ1v) is 10.8. The topological polar surface area (TPSA) is 117 Å². The molecule has 0 radical (unpaired) electrons. The summed E-state index contributed by atoms with van der Waals surface area (Å²) in [6.07, 6.45) is 0.642. The second-order valence-electron chi connectivity index (χ2n) is 6.50. The Bertz CT molecular complexity index is 1010. The zero-order valence-corrected chi connectivity index (χ0v) is 17.6. The van der Waals surface area contributed by atoms with Gasteiger partial charge in [0.05, 0.1) is 16.5 Å². The van der Waals surface area contributed by atoms with Crippen molar-refractivity contribution in [1.82, 2.24) is 4.72 Å². The zero-order valence-electron chi connectivity index (χ0n) is 16.7. The minimum absolute atomic E-state index is 0.0275. The van der Waals surface area contributed by atoms with Gasteiger partial charge in [-0.3, -0.25) is 9.69 Å². The molecule has 0 aliphatic heterocycles. The quantitative estimate of drug-likeness (QED) is 0.483. The molecular weight excluding hydrogens is 406 g/mol. The lowest BCUT2D eigenvalue weighted by atomic mass is 10.2. The minimum Gasteiger partial charge on any atom is -0.452 e. The summed E-state index contributed by atoms with van der Waals surface area (Å²) in [4.78, 5) is 25.9. The summed E-state index contributed by atoms with van der Waals surface area (Å²) in [7, 11) is -3.68. The third-order valence-electron chi connectivity index (χ3n) is 4.29. The number of amides is 1. The molecule has 30 heavy (non-hydrogen) atoms. The number of nitrogens with one attached hydrogen (secondary N) is 1. The third kappa shape index (κ3) is 6.14. The van der Waals surface area contributed by atoms with Gasteiger partial charge in [0.2, 0.25) is 10.0 Å². The number of carbonyl (C=O) groups excluding carboxylic acids is 2. The van der Waals surface area contributed by atoms with Crippen LogP contribution in [0.15, 0.2) is 59.5 Å². The van der Waals surface area contributed by atoms with E-state index in [1.807, 2.05) is 13.0 Å². The maximum absolute atomic E-state index is 12.4. The highest BCUT2D eigenvalue weighted by atomic mass is 32.2. The molecule has 158 valence electrons. The van der Waals surface area contributed by atoms with Gasteiger partial charge in [0.15, 0.2) is 6.61 Å². The van der Waals surface area contributed by atoms with E-state index in [2.05, 4.69) is 4.72 Å². The third-order valence-corrected chi connectivity index (χ3v) is 5.90. The second-order valence-corrected chi connectivity index (χ2v) is 8.22. The van der Waals surface area contributed by atoms with E-state index >= 15 is 0 Å². The van der Waals surface area contributed by atoms with E-state index in [1.54, 1.807) is 37.3 Å². The summed E-state index contributed by atoms with van der Waals surface area (Å²) < 4.78 is 32.1. The second kappa shape index (κ2) is 10.5.